The number of rotatable bonds is 4. The first-order valence-corrected chi connectivity index (χ1v) is 3.41. The SMILES string of the molecule is CCC(F)(F)C(F)(F)C=CC(=O)O. The number of halogens is 4. The predicted octanol–water partition coefficient (Wildman–Crippen LogP) is 2.31. The number of aliphatic carboxylic acids is 1. The van der Waals surface area contributed by atoms with Gasteiger partial charge in [-0.2, -0.15) is 17.6 Å². The third kappa shape index (κ3) is 3.04. The standard InChI is InChI=1S/C7H8F4O2/c1-2-6(8,9)7(10,11)4-3-5(12)13/h3-4H,2H2,1H3,(H,12,13). The van der Waals surface area contributed by atoms with Gasteiger partial charge in [0.25, 0.3) is 0 Å². The van der Waals surface area contributed by atoms with Gasteiger partial charge in [0.2, 0.25) is 0 Å². The van der Waals surface area contributed by atoms with Crippen molar-refractivity contribution in [2.75, 3.05) is 0 Å². The van der Waals surface area contributed by atoms with Crippen molar-refractivity contribution in [1.29, 1.82) is 0 Å². The van der Waals surface area contributed by atoms with Gasteiger partial charge < -0.3 is 5.11 Å². The van der Waals surface area contributed by atoms with E-state index in [9.17, 15) is 22.4 Å². The van der Waals surface area contributed by atoms with Gasteiger partial charge >= 0.3 is 17.8 Å². The van der Waals surface area contributed by atoms with Crippen LogP contribution in [0.5, 0.6) is 0 Å². The Bertz CT molecular complexity index is 223. The maximum Gasteiger partial charge on any atom is 0.329 e. The highest BCUT2D eigenvalue weighted by Crippen LogP contribution is 2.37. The second-order valence-electron chi connectivity index (χ2n) is 2.35. The molecular weight excluding hydrogens is 192 g/mol. The van der Waals surface area contributed by atoms with Gasteiger partial charge in [0.05, 0.1) is 0 Å². The van der Waals surface area contributed by atoms with Crippen molar-refractivity contribution in [1.82, 2.24) is 0 Å². The van der Waals surface area contributed by atoms with E-state index in [0.717, 1.165) is 6.92 Å². The van der Waals surface area contributed by atoms with Crippen molar-refractivity contribution in [3.05, 3.63) is 12.2 Å². The predicted molar refractivity (Wildman–Crippen MR) is 37.0 cm³/mol. The van der Waals surface area contributed by atoms with Crippen LogP contribution >= 0.6 is 0 Å². The maximum absolute atomic E-state index is 12.5. The Hall–Kier alpha value is -1.07. The molecule has 6 heteroatoms. The second kappa shape index (κ2) is 3.76. The minimum absolute atomic E-state index is 0.00354. The highest BCUT2D eigenvalue weighted by molar-refractivity contribution is 5.79. The number of alkyl halides is 4. The van der Waals surface area contributed by atoms with Crippen LogP contribution in [0, 0.1) is 0 Å². The van der Waals surface area contributed by atoms with E-state index in [0.29, 0.717) is 0 Å². The monoisotopic (exact) mass is 200 g/mol. The molecule has 0 saturated carbocycles. The Balaban J connectivity index is 4.66. The van der Waals surface area contributed by atoms with Gasteiger partial charge in [-0.1, -0.05) is 6.92 Å². The third-order valence-electron chi connectivity index (χ3n) is 1.37. The van der Waals surface area contributed by atoms with Crippen LogP contribution in [0.25, 0.3) is 0 Å². The van der Waals surface area contributed by atoms with Crippen LogP contribution in [-0.2, 0) is 4.79 Å². The molecule has 0 aromatic carbocycles. The molecule has 0 fully saturated rings. The normalized spacial score (nSPS) is 13.6. The van der Waals surface area contributed by atoms with Gasteiger partial charge in [-0.05, 0) is 6.08 Å². The summed E-state index contributed by atoms with van der Waals surface area (Å²) in [5.41, 5.74) is 0. The molecular formula is C7H8F4O2. The largest absolute Gasteiger partial charge is 0.478 e. The topological polar surface area (TPSA) is 37.3 Å². The molecule has 0 bridgehead atoms. The Kier molecular flexibility index (Phi) is 3.45. The fraction of sp³-hybridized carbons (Fsp3) is 0.571. The van der Waals surface area contributed by atoms with E-state index in [2.05, 4.69) is 0 Å². The zero-order valence-corrected chi connectivity index (χ0v) is 6.73. The molecule has 0 rings (SSSR count). The van der Waals surface area contributed by atoms with Crippen molar-refractivity contribution in [3.8, 4) is 0 Å². The van der Waals surface area contributed by atoms with E-state index in [1.165, 1.54) is 0 Å². The zero-order chi connectivity index (χ0) is 10.7. The number of carbonyl (C=O) groups is 1. The number of hydrogen-bond donors (Lipinski definition) is 1. The first-order valence-electron chi connectivity index (χ1n) is 3.41. The molecule has 0 atom stereocenters. The molecule has 0 aliphatic carbocycles. The van der Waals surface area contributed by atoms with Crippen LogP contribution in [-0.4, -0.2) is 22.9 Å². The number of carboxylic acids is 1. The smallest absolute Gasteiger partial charge is 0.329 e. The highest BCUT2D eigenvalue weighted by atomic mass is 19.3. The summed E-state index contributed by atoms with van der Waals surface area (Å²) >= 11 is 0. The molecule has 13 heavy (non-hydrogen) atoms. The molecule has 0 aromatic heterocycles. The summed E-state index contributed by atoms with van der Waals surface area (Å²) < 4.78 is 49.7. The van der Waals surface area contributed by atoms with Gasteiger partial charge in [-0.15, -0.1) is 0 Å². The van der Waals surface area contributed by atoms with Gasteiger partial charge in [0.15, 0.2) is 0 Å². The Labute approximate surface area is 71.9 Å². The maximum atomic E-state index is 12.5. The van der Waals surface area contributed by atoms with Crippen LogP contribution in [0.15, 0.2) is 12.2 Å². The van der Waals surface area contributed by atoms with Crippen LogP contribution in [0.2, 0.25) is 0 Å². The summed E-state index contributed by atoms with van der Waals surface area (Å²) in [5.74, 6) is -10.3. The highest BCUT2D eigenvalue weighted by Gasteiger charge is 2.52. The molecule has 76 valence electrons. The molecule has 0 aliphatic rings. The number of allylic oxidation sites excluding steroid dienone is 1. The molecule has 2 nitrogen and oxygen atoms in total. The summed E-state index contributed by atoms with van der Waals surface area (Å²) in [4.78, 5) is 9.80. The van der Waals surface area contributed by atoms with E-state index in [-0.39, 0.29) is 12.2 Å². The Morgan fingerprint density at radius 1 is 1.38 bits per heavy atom. The lowest BCUT2D eigenvalue weighted by Crippen LogP contribution is -2.38. The summed E-state index contributed by atoms with van der Waals surface area (Å²) in [6.07, 6.45) is -1.35. The Morgan fingerprint density at radius 3 is 2.15 bits per heavy atom. The van der Waals surface area contributed by atoms with Gasteiger partial charge in [0.1, 0.15) is 0 Å². The first kappa shape index (κ1) is 11.9. The quantitative estimate of drug-likeness (QED) is 0.558. The fourth-order valence-corrected chi connectivity index (χ4v) is 0.534. The van der Waals surface area contributed by atoms with Crippen LogP contribution < -0.4 is 0 Å². The van der Waals surface area contributed by atoms with E-state index >= 15 is 0 Å². The van der Waals surface area contributed by atoms with Crippen molar-refractivity contribution in [2.45, 2.75) is 25.2 Å². The Morgan fingerprint density at radius 2 is 1.85 bits per heavy atom. The number of hydrogen-bond acceptors (Lipinski definition) is 1. The van der Waals surface area contributed by atoms with Crippen molar-refractivity contribution in [3.63, 3.8) is 0 Å². The number of carboxylic acid groups (broad SMARTS) is 1. The van der Waals surface area contributed by atoms with Gasteiger partial charge in [-0.3, -0.25) is 0 Å². The van der Waals surface area contributed by atoms with Crippen molar-refractivity contribution in [2.24, 2.45) is 0 Å². The van der Waals surface area contributed by atoms with Crippen molar-refractivity contribution >= 4 is 5.97 Å². The molecule has 0 spiro atoms. The lowest BCUT2D eigenvalue weighted by molar-refractivity contribution is -0.180. The summed E-state index contributed by atoms with van der Waals surface area (Å²) in [7, 11) is 0. The fourth-order valence-electron chi connectivity index (χ4n) is 0.534. The molecule has 0 aromatic rings. The van der Waals surface area contributed by atoms with Gasteiger partial charge in [-0.25, -0.2) is 4.79 Å². The summed E-state index contributed by atoms with van der Waals surface area (Å²) in [6, 6.07) is 0. The van der Waals surface area contributed by atoms with Gasteiger partial charge in [0, 0.05) is 12.5 Å². The minimum atomic E-state index is -4.42. The van der Waals surface area contributed by atoms with Crippen LogP contribution in [0.3, 0.4) is 0 Å². The molecule has 0 heterocycles. The van der Waals surface area contributed by atoms with E-state index in [4.69, 9.17) is 5.11 Å². The second-order valence-corrected chi connectivity index (χ2v) is 2.35. The summed E-state index contributed by atoms with van der Waals surface area (Å²) in [5, 5.41) is 7.95. The minimum Gasteiger partial charge on any atom is -0.478 e. The lowest BCUT2D eigenvalue weighted by atomic mass is 10.1. The molecule has 0 unspecified atom stereocenters. The van der Waals surface area contributed by atoms with E-state index in [1.54, 1.807) is 0 Å². The molecule has 1 N–H and O–H groups in total. The average Bonchev–Trinajstić information content (AvgIpc) is 2.01. The van der Waals surface area contributed by atoms with Crippen LogP contribution in [0.1, 0.15) is 13.3 Å². The van der Waals surface area contributed by atoms with Crippen LogP contribution in [0.4, 0.5) is 17.6 Å². The first-order chi connectivity index (χ1) is 5.73. The molecule has 0 amide bonds. The average molecular weight is 200 g/mol. The molecule has 0 saturated heterocycles. The zero-order valence-electron chi connectivity index (χ0n) is 6.73. The van der Waals surface area contributed by atoms with E-state index < -0.39 is 24.2 Å². The summed E-state index contributed by atoms with van der Waals surface area (Å²) in [6.45, 7) is 0.891. The molecule has 0 radical (unpaired) electrons. The van der Waals surface area contributed by atoms with Crippen molar-refractivity contribution < 1.29 is 27.5 Å². The lowest BCUT2D eigenvalue weighted by Gasteiger charge is -2.21. The molecule has 0 aliphatic heterocycles. The van der Waals surface area contributed by atoms with E-state index in [1.807, 2.05) is 0 Å². The third-order valence-corrected chi connectivity index (χ3v) is 1.37.